The van der Waals surface area contributed by atoms with Crippen molar-refractivity contribution in [1.29, 1.82) is 0 Å². The highest BCUT2D eigenvalue weighted by molar-refractivity contribution is 5.82. The van der Waals surface area contributed by atoms with Gasteiger partial charge in [-0.1, -0.05) is 0 Å². The Morgan fingerprint density at radius 2 is 2.06 bits per heavy atom. The number of methoxy groups -OCH3 is 2. The first-order valence-electron chi connectivity index (χ1n) is 4.55. The van der Waals surface area contributed by atoms with Crippen molar-refractivity contribution in [2.45, 2.75) is 13.0 Å². The molecule has 1 aromatic heterocycles. The summed E-state index contributed by atoms with van der Waals surface area (Å²) in [6.07, 6.45) is 0.744. The highest BCUT2D eigenvalue weighted by Crippen LogP contribution is 2.17. The zero-order chi connectivity index (χ0) is 12.1. The van der Waals surface area contributed by atoms with E-state index in [1.165, 1.54) is 20.5 Å². The Labute approximate surface area is 92.5 Å². The van der Waals surface area contributed by atoms with E-state index in [0.717, 1.165) is 5.56 Å². The standard InChI is InChI=1S/C10H13NO5/c1-6-4-7(16-5-6)8(9(12)14-2)11-10(13)15-3/h4-5,8H,1-3H3,(H,11,13)/t8-/m0/s1. The lowest BCUT2D eigenvalue weighted by Gasteiger charge is -2.12. The van der Waals surface area contributed by atoms with Crippen molar-refractivity contribution in [2.24, 2.45) is 0 Å². The molecule has 1 heterocycles. The zero-order valence-electron chi connectivity index (χ0n) is 9.27. The number of rotatable bonds is 3. The second-order valence-corrected chi connectivity index (χ2v) is 3.12. The summed E-state index contributed by atoms with van der Waals surface area (Å²) >= 11 is 0. The van der Waals surface area contributed by atoms with Gasteiger partial charge in [-0.05, 0) is 18.6 Å². The predicted octanol–water partition coefficient (Wildman–Crippen LogP) is 1.16. The van der Waals surface area contributed by atoms with Crippen molar-refractivity contribution in [1.82, 2.24) is 5.32 Å². The second-order valence-electron chi connectivity index (χ2n) is 3.12. The van der Waals surface area contributed by atoms with Crippen LogP contribution in [-0.2, 0) is 14.3 Å². The van der Waals surface area contributed by atoms with Crippen molar-refractivity contribution < 1.29 is 23.5 Å². The highest BCUT2D eigenvalue weighted by Gasteiger charge is 2.26. The first-order valence-corrected chi connectivity index (χ1v) is 4.55. The fourth-order valence-corrected chi connectivity index (χ4v) is 1.15. The maximum atomic E-state index is 11.4. The third kappa shape index (κ3) is 2.75. The van der Waals surface area contributed by atoms with Gasteiger partial charge in [-0.3, -0.25) is 0 Å². The molecular weight excluding hydrogens is 214 g/mol. The fourth-order valence-electron chi connectivity index (χ4n) is 1.15. The Morgan fingerprint density at radius 3 is 2.50 bits per heavy atom. The third-order valence-corrected chi connectivity index (χ3v) is 1.92. The monoisotopic (exact) mass is 227 g/mol. The van der Waals surface area contributed by atoms with E-state index < -0.39 is 18.1 Å². The van der Waals surface area contributed by atoms with Gasteiger partial charge in [0.2, 0.25) is 0 Å². The zero-order valence-corrected chi connectivity index (χ0v) is 9.27. The quantitative estimate of drug-likeness (QED) is 0.784. The molecule has 0 aliphatic heterocycles. The normalized spacial score (nSPS) is 11.7. The van der Waals surface area contributed by atoms with Gasteiger partial charge in [0.1, 0.15) is 5.76 Å². The van der Waals surface area contributed by atoms with Gasteiger partial charge in [0.15, 0.2) is 6.04 Å². The number of hydrogen-bond acceptors (Lipinski definition) is 5. The lowest BCUT2D eigenvalue weighted by molar-refractivity contribution is -0.143. The van der Waals surface area contributed by atoms with Crippen LogP contribution < -0.4 is 5.32 Å². The molecule has 0 radical (unpaired) electrons. The molecule has 1 N–H and O–H groups in total. The average Bonchev–Trinajstić information content (AvgIpc) is 2.71. The number of esters is 1. The van der Waals surface area contributed by atoms with Gasteiger partial charge >= 0.3 is 12.1 Å². The van der Waals surface area contributed by atoms with Crippen LogP contribution in [0, 0.1) is 6.92 Å². The minimum atomic E-state index is -0.994. The number of alkyl carbamates (subject to hydrolysis) is 1. The molecule has 0 saturated carbocycles. The van der Waals surface area contributed by atoms with E-state index in [1.807, 2.05) is 0 Å². The highest BCUT2D eigenvalue weighted by atomic mass is 16.5. The van der Waals surface area contributed by atoms with Crippen LogP contribution in [0.1, 0.15) is 17.4 Å². The molecule has 88 valence electrons. The van der Waals surface area contributed by atoms with E-state index >= 15 is 0 Å². The van der Waals surface area contributed by atoms with E-state index in [2.05, 4.69) is 14.8 Å². The number of amides is 1. The molecule has 1 aromatic rings. The summed E-state index contributed by atoms with van der Waals surface area (Å²) in [5.74, 6) is -0.325. The topological polar surface area (TPSA) is 77.8 Å². The van der Waals surface area contributed by atoms with Gasteiger partial charge in [-0.15, -0.1) is 0 Å². The maximum absolute atomic E-state index is 11.4. The molecule has 0 spiro atoms. The number of hydrogen-bond donors (Lipinski definition) is 1. The number of carbonyl (C=O) groups excluding carboxylic acids is 2. The van der Waals surface area contributed by atoms with Crippen LogP contribution in [0.2, 0.25) is 0 Å². The van der Waals surface area contributed by atoms with Crippen molar-refractivity contribution in [2.75, 3.05) is 14.2 Å². The molecule has 0 aliphatic rings. The van der Waals surface area contributed by atoms with Crippen LogP contribution in [-0.4, -0.2) is 26.3 Å². The van der Waals surface area contributed by atoms with Gasteiger partial charge in [0, 0.05) is 0 Å². The molecule has 1 amide bonds. The van der Waals surface area contributed by atoms with Gasteiger partial charge in [0.25, 0.3) is 0 Å². The molecule has 0 aliphatic carbocycles. The summed E-state index contributed by atoms with van der Waals surface area (Å²) in [7, 11) is 2.43. The van der Waals surface area contributed by atoms with Crippen LogP contribution in [0.4, 0.5) is 4.79 Å². The SMILES string of the molecule is COC(=O)N[C@H](C(=O)OC)c1cc(C)co1. The third-order valence-electron chi connectivity index (χ3n) is 1.92. The number of furan rings is 1. The maximum Gasteiger partial charge on any atom is 0.407 e. The van der Waals surface area contributed by atoms with E-state index in [4.69, 9.17) is 4.42 Å². The summed E-state index contributed by atoms with van der Waals surface area (Å²) in [5, 5.41) is 2.32. The molecule has 0 fully saturated rings. The molecule has 0 unspecified atom stereocenters. The van der Waals surface area contributed by atoms with Gasteiger partial charge < -0.3 is 19.2 Å². The van der Waals surface area contributed by atoms with Crippen LogP contribution in [0.25, 0.3) is 0 Å². The van der Waals surface area contributed by atoms with Crippen LogP contribution in [0.3, 0.4) is 0 Å². The van der Waals surface area contributed by atoms with Gasteiger partial charge in [-0.25, -0.2) is 9.59 Å². The first-order chi connectivity index (χ1) is 7.58. The predicted molar refractivity (Wildman–Crippen MR) is 53.7 cm³/mol. The van der Waals surface area contributed by atoms with Crippen molar-refractivity contribution in [3.05, 3.63) is 23.7 Å². The Morgan fingerprint density at radius 1 is 1.38 bits per heavy atom. The molecule has 0 aromatic carbocycles. The lowest BCUT2D eigenvalue weighted by Crippen LogP contribution is -2.34. The molecule has 0 bridgehead atoms. The first kappa shape index (κ1) is 12.1. The van der Waals surface area contributed by atoms with Crippen LogP contribution in [0.15, 0.2) is 16.7 Å². The van der Waals surface area contributed by atoms with E-state index in [0.29, 0.717) is 5.76 Å². The number of nitrogens with one attached hydrogen (secondary N) is 1. The van der Waals surface area contributed by atoms with E-state index in [9.17, 15) is 9.59 Å². The summed E-state index contributed by atoms with van der Waals surface area (Å²) < 4.78 is 14.1. The summed E-state index contributed by atoms with van der Waals surface area (Å²) in [6.45, 7) is 1.81. The second kappa shape index (κ2) is 5.20. The summed E-state index contributed by atoms with van der Waals surface area (Å²) in [5.41, 5.74) is 0.843. The minimum absolute atomic E-state index is 0.301. The smallest absolute Gasteiger partial charge is 0.407 e. The Balaban J connectivity index is 2.87. The number of carbonyl (C=O) groups is 2. The van der Waals surface area contributed by atoms with Gasteiger partial charge in [-0.2, -0.15) is 0 Å². The molecule has 16 heavy (non-hydrogen) atoms. The number of ether oxygens (including phenoxy) is 2. The number of aryl methyl sites for hydroxylation is 1. The van der Waals surface area contributed by atoms with E-state index in [1.54, 1.807) is 13.0 Å². The largest absolute Gasteiger partial charge is 0.467 e. The average molecular weight is 227 g/mol. The van der Waals surface area contributed by atoms with Crippen molar-refractivity contribution in [3.8, 4) is 0 Å². The molecule has 6 heteroatoms. The summed E-state index contributed by atoms with van der Waals surface area (Å²) in [4.78, 5) is 22.5. The molecule has 6 nitrogen and oxygen atoms in total. The Kier molecular flexibility index (Phi) is 3.93. The van der Waals surface area contributed by atoms with Crippen LogP contribution in [0.5, 0.6) is 0 Å². The Hall–Kier alpha value is -1.98. The molecule has 1 atom stereocenters. The van der Waals surface area contributed by atoms with Gasteiger partial charge in [0.05, 0.1) is 20.5 Å². The minimum Gasteiger partial charge on any atom is -0.467 e. The lowest BCUT2D eigenvalue weighted by atomic mass is 10.2. The van der Waals surface area contributed by atoms with E-state index in [-0.39, 0.29) is 0 Å². The van der Waals surface area contributed by atoms with Crippen LogP contribution >= 0.6 is 0 Å². The molecular formula is C10H13NO5. The van der Waals surface area contributed by atoms with Crippen molar-refractivity contribution in [3.63, 3.8) is 0 Å². The summed E-state index contributed by atoms with van der Waals surface area (Å²) in [6, 6.07) is 0.642. The van der Waals surface area contributed by atoms with Crippen molar-refractivity contribution >= 4 is 12.1 Å². The Bertz CT molecular complexity index is 384. The fraction of sp³-hybridized carbons (Fsp3) is 0.400. The molecule has 1 rings (SSSR count). The molecule has 0 saturated heterocycles.